The van der Waals surface area contributed by atoms with Crippen LogP contribution in [-0.4, -0.2) is 32.3 Å². The summed E-state index contributed by atoms with van der Waals surface area (Å²) in [6, 6.07) is 27.8. The van der Waals surface area contributed by atoms with Crippen molar-refractivity contribution in [2.45, 2.75) is 9.79 Å². The Morgan fingerprint density at radius 3 is 1.17 bits per heavy atom. The zero-order valence-electron chi connectivity index (χ0n) is 23.9. The molecule has 47 heavy (non-hydrogen) atoms. The van der Waals surface area contributed by atoms with Crippen LogP contribution in [0.1, 0.15) is 41.4 Å². The summed E-state index contributed by atoms with van der Waals surface area (Å²) in [4.78, 5) is 49.0. The molecule has 0 atom stereocenters. The minimum atomic E-state index is -3.91. The van der Waals surface area contributed by atoms with E-state index in [0.717, 1.165) is 0 Å². The van der Waals surface area contributed by atoms with Gasteiger partial charge in [-0.3, -0.25) is 0 Å². The van der Waals surface area contributed by atoms with Crippen LogP contribution in [-0.2, 0) is 19.3 Å². The summed E-state index contributed by atoms with van der Waals surface area (Å²) in [5.74, 6) is -1.50. The highest BCUT2D eigenvalue weighted by Gasteiger charge is 2.30. The number of sulfone groups is 1. The van der Waals surface area contributed by atoms with E-state index in [1.54, 1.807) is 48.5 Å². The molecule has 0 radical (unpaired) electrons. The van der Waals surface area contributed by atoms with Crippen LogP contribution in [0.2, 0.25) is 0 Å². The molecule has 6 aromatic rings. The summed E-state index contributed by atoms with van der Waals surface area (Å²) >= 11 is 0. The third-order valence-electron chi connectivity index (χ3n) is 7.98. The number of hydrogen-bond donors (Lipinski definition) is 0. The Kier molecular flexibility index (Phi) is 6.21. The minimum Gasteiger partial charge on any atom is -0.457 e. The highest BCUT2D eigenvalue weighted by Crippen LogP contribution is 2.39. The lowest BCUT2D eigenvalue weighted by molar-refractivity contribution is 0.0373. The maximum Gasteiger partial charge on any atom is 0.346 e. The largest absolute Gasteiger partial charge is 0.457 e. The first-order valence-corrected chi connectivity index (χ1v) is 15.6. The number of esters is 4. The van der Waals surface area contributed by atoms with Gasteiger partial charge in [0.25, 0.3) is 0 Å². The maximum atomic E-state index is 13.4. The molecule has 0 bridgehead atoms. The number of carbonyl (C=O) groups excluding carboxylic acids is 4. The smallest absolute Gasteiger partial charge is 0.346 e. The fraction of sp³-hybridized carbons (Fsp3) is 0. The molecule has 8 rings (SSSR count). The monoisotopic (exact) mass is 642 g/mol. The van der Waals surface area contributed by atoms with Crippen molar-refractivity contribution in [3.05, 3.63) is 131 Å². The van der Waals surface area contributed by atoms with Crippen molar-refractivity contribution in [1.29, 1.82) is 0 Å². The van der Waals surface area contributed by atoms with E-state index in [9.17, 15) is 27.6 Å². The van der Waals surface area contributed by atoms with Crippen LogP contribution in [0, 0.1) is 0 Å². The van der Waals surface area contributed by atoms with Crippen LogP contribution in [0.25, 0.3) is 21.5 Å². The average Bonchev–Trinajstić information content (AvgIpc) is 3.07. The number of ether oxygens (including phenoxy) is 4. The zero-order valence-corrected chi connectivity index (χ0v) is 24.7. The molecule has 6 aromatic carbocycles. The number of cyclic esters (lactones) is 4. The lowest BCUT2D eigenvalue weighted by atomic mass is 9.96. The van der Waals surface area contributed by atoms with E-state index >= 15 is 0 Å². The van der Waals surface area contributed by atoms with Crippen LogP contribution >= 0.6 is 0 Å². The Hall–Kier alpha value is -6.33. The second-order valence-electron chi connectivity index (χ2n) is 10.7. The number of carbonyl (C=O) groups is 4. The van der Waals surface area contributed by atoms with Gasteiger partial charge in [-0.15, -0.1) is 0 Å². The van der Waals surface area contributed by atoms with E-state index in [2.05, 4.69) is 0 Å². The molecule has 2 aliphatic heterocycles. The molecule has 0 amide bonds. The molecule has 0 N–H and O–H groups in total. The molecular weight excluding hydrogens is 624 g/mol. The molecule has 0 aromatic heterocycles. The highest BCUT2D eigenvalue weighted by molar-refractivity contribution is 7.91. The molecular formula is C36H18O10S. The van der Waals surface area contributed by atoms with E-state index < -0.39 is 33.7 Å². The first-order valence-electron chi connectivity index (χ1n) is 14.1. The van der Waals surface area contributed by atoms with Crippen LogP contribution in [0.5, 0.6) is 23.0 Å². The Morgan fingerprint density at radius 2 is 0.787 bits per heavy atom. The van der Waals surface area contributed by atoms with Crippen molar-refractivity contribution >= 4 is 55.3 Å². The third kappa shape index (κ3) is 4.51. The van der Waals surface area contributed by atoms with Crippen LogP contribution in [0.4, 0.5) is 0 Å². The standard InChI is InChI=1S/C36H18O10S/c37-33-25-5-1-3-23-29(17-15-27(31(23)25)35(39)45-33)43-19-7-11-21(12-8-19)47(41,42)22-13-9-20(10-14-22)44-30-18-16-28-32-24(30)4-2-6-26(32)34(38)46-36(28)40/h1-18H. The fourth-order valence-corrected chi connectivity index (χ4v) is 7.03. The van der Waals surface area contributed by atoms with Gasteiger partial charge in [0.05, 0.1) is 32.0 Å². The molecule has 0 saturated carbocycles. The van der Waals surface area contributed by atoms with Gasteiger partial charge < -0.3 is 18.9 Å². The van der Waals surface area contributed by atoms with Crippen molar-refractivity contribution in [3.63, 3.8) is 0 Å². The van der Waals surface area contributed by atoms with Gasteiger partial charge in [0.2, 0.25) is 9.84 Å². The molecule has 2 aliphatic rings. The molecule has 0 spiro atoms. The molecule has 10 nitrogen and oxygen atoms in total. The Bertz CT molecular complexity index is 2270. The van der Waals surface area contributed by atoms with Crippen molar-refractivity contribution in [2.24, 2.45) is 0 Å². The highest BCUT2D eigenvalue weighted by atomic mass is 32.2. The SMILES string of the molecule is O=C1OC(=O)c2ccc(Oc3ccc(S(=O)(=O)c4ccc(Oc5ccc6c7c(cccc57)C(=O)OC6=O)cc4)cc3)c3cccc1c23. The van der Waals surface area contributed by atoms with Gasteiger partial charge in [0.15, 0.2) is 0 Å². The van der Waals surface area contributed by atoms with Gasteiger partial charge in [-0.2, -0.15) is 0 Å². The lowest BCUT2D eigenvalue weighted by Crippen LogP contribution is -2.19. The van der Waals surface area contributed by atoms with Gasteiger partial charge in [-0.25, -0.2) is 27.6 Å². The first kappa shape index (κ1) is 28.2. The first-order chi connectivity index (χ1) is 22.7. The van der Waals surface area contributed by atoms with E-state index in [4.69, 9.17) is 18.9 Å². The van der Waals surface area contributed by atoms with E-state index in [-0.39, 0.29) is 32.0 Å². The predicted octanol–water partition coefficient (Wildman–Crippen LogP) is 7.03. The summed E-state index contributed by atoms with van der Waals surface area (Å²) in [5.41, 5.74) is 1.01. The van der Waals surface area contributed by atoms with Gasteiger partial charge in [-0.05, 0) is 84.9 Å². The summed E-state index contributed by atoms with van der Waals surface area (Å²) in [6.07, 6.45) is 0. The Morgan fingerprint density at radius 1 is 0.426 bits per heavy atom. The van der Waals surface area contributed by atoms with Gasteiger partial charge >= 0.3 is 23.9 Å². The second-order valence-corrected chi connectivity index (χ2v) is 12.6. The molecule has 11 heteroatoms. The fourth-order valence-electron chi connectivity index (χ4n) is 5.77. The normalized spacial score (nSPS) is 13.8. The number of hydrogen-bond acceptors (Lipinski definition) is 10. The van der Waals surface area contributed by atoms with Gasteiger partial charge in [-0.1, -0.05) is 24.3 Å². The minimum absolute atomic E-state index is 0.0314. The quantitative estimate of drug-likeness (QED) is 0.137. The number of benzene rings is 6. The average molecular weight is 643 g/mol. The van der Waals surface area contributed by atoms with Crippen molar-refractivity contribution < 1.29 is 46.5 Å². The summed E-state index contributed by atoms with van der Waals surface area (Å²) in [7, 11) is -3.91. The van der Waals surface area contributed by atoms with E-state index in [1.807, 2.05) is 0 Å². The zero-order chi connectivity index (χ0) is 32.4. The maximum absolute atomic E-state index is 13.4. The summed E-state index contributed by atoms with van der Waals surface area (Å²) in [5, 5.41) is 1.93. The van der Waals surface area contributed by atoms with Gasteiger partial charge in [0.1, 0.15) is 23.0 Å². The molecule has 0 fully saturated rings. The molecule has 0 unspecified atom stereocenters. The lowest BCUT2D eigenvalue weighted by Gasteiger charge is -2.17. The topological polar surface area (TPSA) is 139 Å². The van der Waals surface area contributed by atoms with Gasteiger partial charge in [0, 0.05) is 21.5 Å². The summed E-state index contributed by atoms with van der Waals surface area (Å²) in [6.45, 7) is 0. The predicted molar refractivity (Wildman–Crippen MR) is 166 cm³/mol. The van der Waals surface area contributed by atoms with Crippen LogP contribution < -0.4 is 9.47 Å². The molecule has 0 aliphatic carbocycles. The molecule has 2 heterocycles. The van der Waals surface area contributed by atoms with Crippen molar-refractivity contribution in [1.82, 2.24) is 0 Å². The number of rotatable bonds is 6. The third-order valence-corrected chi connectivity index (χ3v) is 9.76. The van der Waals surface area contributed by atoms with Crippen molar-refractivity contribution in [2.75, 3.05) is 0 Å². The van der Waals surface area contributed by atoms with E-state index in [0.29, 0.717) is 44.5 Å². The summed E-state index contributed by atoms with van der Waals surface area (Å²) < 4.78 is 48.6. The Balaban J connectivity index is 1.04. The van der Waals surface area contributed by atoms with Crippen LogP contribution in [0.3, 0.4) is 0 Å². The van der Waals surface area contributed by atoms with Crippen LogP contribution in [0.15, 0.2) is 119 Å². The molecule has 0 saturated heterocycles. The van der Waals surface area contributed by atoms with E-state index in [1.165, 1.54) is 60.7 Å². The van der Waals surface area contributed by atoms with Crippen molar-refractivity contribution in [3.8, 4) is 23.0 Å². The second kappa shape index (κ2) is 10.4. The molecule has 228 valence electrons. The Labute approximate surface area is 265 Å².